The smallest absolute Gasteiger partial charge is 0.230 e. The van der Waals surface area contributed by atoms with Crippen LogP contribution in [0.1, 0.15) is 25.5 Å². The molecule has 0 aliphatic heterocycles. The molecule has 13 heavy (non-hydrogen) atoms. The van der Waals surface area contributed by atoms with Crippen molar-refractivity contribution in [3.05, 3.63) is 11.6 Å². The lowest BCUT2D eigenvalue weighted by Gasteiger charge is -2.04. The third-order valence-corrected chi connectivity index (χ3v) is 2.24. The van der Waals surface area contributed by atoms with Crippen LogP contribution in [-0.4, -0.2) is 10.2 Å². The van der Waals surface area contributed by atoms with E-state index in [1.165, 1.54) is 0 Å². The van der Waals surface area contributed by atoms with E-state index < -0.39 is 0 Å². The molecule has 1 aromatic heterocycles. The van der Waals surface area contributed by atoms with Crippen LogP contribution in [-0.2, 0) is 18.3 Å². The predicted molar refractivity (Wildman–Crippen MR) is 52.7 cm³/mol. The SMILES string of the molecule is CC(C)C[n+]1c(CCl)n[nH]c1CCl. The zero-order valence-corrected chi connectivity index (χ0v) is 9.36. The third-order valence-electron chi connectivity index (χ3n) is 1.75. The summed E-state index contributed by atoms with van der Waals surface area (Å²) in [6.45, 7) is 5.20. The Kier molecular flexibility index (Phi) is 4.00. The topological polar surface area (TPSA) is 32.6 Å². The molecule has 0 aliphatic carbocycles. The van der Waals surface area contributed by atoms with Crippen LogP contribution in [0.2, 0.25) is 0 Å². The molecule has 1 heterocycles. The normalized spacial score (nSPS) is 11.2. The number of nitrogens with zero attached hydrogens (tertiary/aromatic N) is 2. The Hall–Kier alpha value is -0.280. The van der Waals surface area contributed by atoms with E-state index in [-0.39, 0.29) is 0 Å². The number of rotatable bonds is 4. The minimum atomic E-state index is 0.417. The molecule has 0 aromatic carbocycles. The van der Waals surface area contributed by atoms with Gasteiger partial charge < -0.3 is 0 Å². The van der Waals surface area contributed by atoms with Crippen LogP contribution in [0.3, 0.4) is 0 Å². The lowest BCUT2D eigenvalue weighted by Crippen LogP contribution is -2.42. The Morgan fingerprint density at radius 1 is 1.38 bits per heavy atom. The van der Waals surface area contributed by atoms with Crippen molar-refractivity contribution in [3.8, 4) is 0 Å². The summed E-state index contributed by atoms with van der Waals surface area (Å²) in [5.74, 6) is 3.19. The summed E-state index contributed by atoms with van der Waals surface area (Å²) in [5, 5.41) is 6.96. The molecule has 3 nitrogen and oxygen atoms in total. The first-order valence-corrected chi connectivity index (χ1v) is 5.33. The quantitative estimate of drug-likeness (QED) is 0.613. The predicted octanol–water partition coefficient (Wildman–Crippen LogP) is 1.83. The van der Waals surface area contributed by atoms with E-state index in [2.05, 4.69) is 24.0 Å². The summed E-state index contributed by atoms with van der Waals surface area (Å²) in [5.41, 5.74) is 0. The average Bonchev–Trinajstić information content (AvgIpc) is 2.46. The molecule has 0 unspecified atom stereocenters. The van der Waals surface area contributed by atoms with Crippen LogP contribution >= 0.6 is 23.2 Å². The van der Waals surface area contributed by atoms with Crippen molar-refractivity contribution < 1.29 is 4.57 Å². The number of H-pyrrole nitrogens is 1. The van der Waals surface area contributed by atoms with Gasteiger partial charge >= 0.3 is 0 Å². The van der Waals surface area contributed by atoms with Crippen molar-refractivity contribution in [1.29, 1.82) is 0 Å². The molecule has 0 spiro atoms. The van der Waals surface area contributed by atoms with Gasteiger partial charge in [0, 0.05) is 5.10 Å². The molecule has 74 valence electrons. The van der Waals surface area contributed by atoms with Gasteiger partial charge in [0.15, 0.2) is 0 Å². The number of halogens is 2. The molecule has 1 N–H and O–H groups in total. The van der Waals surface area contributed by atoms with Crippen molar-refractivity contribution in [2.45, 2.75) is 32.2 Å². The highest BCUT2D eigenvalue weighted by Gasteiger charge is 2.18. The fourth-order valence-corrected chi connectivity index (χ4v) is 1.60. The fourth-order valence-electron chi connectivity index (χ4n) is 1.19. The van der Waals surface area contributed by atoms with E-state index in [1.54, 1.807) is 0 Å². The van der Waals surface area contributed by atoms with Gasteiger partial charge in [-0.25, -0.2) is 4.57 Å². The largest absolute Gasteiger partial charge is 0.292 e. The summed E-state index contributed by atoms with van der Waals surface area (Å²) >= 11 is 11.5. The maximum Gasteiger partial charge on any atom is 0.292 e. The molecule has 0 aliphatic rings. The van der Waals surface area contributed by atoms with Gasteiger partial charge in [0.2, 0.25) is 5.82 Å². The van der Waals surface area contributed by atoms with E-state index in [9.17, 15) is 0 Å². The minimum absolute atomic E-state index is 0.417. The number of aromatic nitrogens is 3. The van der Waals surface area contributed by atoms with Gasteiger partial charge in [-0.2, -0.15) is 0 Å². The number of nitrogens with one attached hydrogen (secondary N) is 1. The zero-order valence-electron chi connectivity index (χ0n) is 7.85. The first-order chi connectivity index (χ1) is 6.19. The van der Waals surface area contributed by atoms with Gasteiger partial charge in [-0.1, -0.05) is 13.8 Å². The second-order valence-corrected chi connectivity index (χ2v) is 3.89. The van der Waals surface area contributed by atoms with Crippen LogP contribution in [0, 0.1) is 5.92 Å². The summed E-state index contributed by atoms with van der Waals surface area (Å²) in [7, 11) is 0. The van der Waals surface area contributed by atoms with E-state index >= 15 is 0 Å². The van der Waals surface area contributed by atoms with Crippen LogP contribution in [0.15, 0.2) is 0 Å². The first-order valence-electron chi connectivity index (χ1n) is 4.27. The summed E-state index contributed by atoms with van der Waals surface area (Å²) in [6, 6.07) is 0. The standard InChI is InChI=1S/C8H13Cl2N3/c1-6(2)5-13-7(3-9)11-12-8(13)4-10/h6H,3-5H2,1-2H3/p+1. The third kappa shape index (κ3) is 2.58. The highest BCUT2D eigenvalue weighted by atomic mass is 35.5. The number of aromatic amines is 1. The average molecular weight is 223 g/mol. The van der Waals surface area contributed by atoms with Crippen LogP contribution in [0.4, 0.5) is 0 Å². The fraction of sp³-hybridized carbons (Fsp3) is 0.750. The van der Waals surface area contributed by atoms with Gasteiger partial charge in [0.05, 0.1) is 6.54 Å². The zero-order chi connectivity index (χ0) is 9.84. The molecule has 1 rings (SSSR count). The van der Waals surface area contributed by atoms with Crippen molar-refractivity contribution in [1.82, 2.24) is 10.2 Å². The Labute approximate surface area is 88.1 Å². The maximum absolute atomic E-state index is 5.75. The summed E-state index contributed by atoms with van der Waals surface area (Å²) in [6.07, 6.45) is 0. The first kappa shape index (κ1) is 10.8. The monoisotopic (exact) mass is 222 g/mol. The number of hydrogen-bond donors (Lipinski definition) is 1. The van der Waals surface area contributed by atoms with Crippen LogP contribution in [0.5, 0.6) is 0 Å². The second kappa shape index (κ2) is 4.82. The second-order valence-electron chi connectivity index (χ2n) is 3.36. The Bertz CT molecular complexity index is 249. The molecule has 0 saturated carbocycles. The molecule has 1 aromatic rings. The minimum Gasteiger partial charge on any atom is -0.230 e. The Balaban J connectivity index is 2.91. The van der Waals surface area contributed by atoms with Crippen molar-refractivity contribution >= 4 is 23.2 Å². The highest BCUT2D eigenvalue weighted by molar-refractivity contribution is 6.17. The molecule has 5 heteroatoms. The summed E-state index contributed by atoms with van der Waals surface area (Å²) in [4.78, 5) is 0. The lowest BCUT2D eigenvalue weighted by molar-refractivity contribution is -0.714. The van der Waals surface area contributed by atoms with Gasteiger partial charge in [0.25, 0.3) is 5.82 Å². The van der Waals surface area contributed by atoms with Crippen molar-refractivity contribution in [2.24, 2.45) is 5.92 Å². The Morgan fingerprint density at radius 2 is 2.08 bits per heavy atom. The molecule has 0 bridgehead atoms. The van der Waals surface area contributed by atoms with Gasteiger partial charge in [-0.15, -0.1) is 28.3 Å². The van der Waals surface area contributed by atoms with Crippen LogP contribution in [0.25, 0.3) is 0 Å². The number of hydrogen-bond acceptors (Lipinski definition) is 1. The Morgan fingerprint density at radius 3 is 2.54 bits per heavy atom. The molecule has 0 fully saturated rings. The molecule has 0 atom stereocenters. The van der Waals surface area contributed by atoms with Gasteiger partial charge in [0.1, 0.15) is 11.8 Å². The summed E-state index contributed by atoms with van der Waals surface area (Å²) < 4.78 is 2.05. The van der Waals surface area contributed by atoms with Gasteiger partial charge in [-0.05, 0) is 5.92 Å². The van der Waals surface area contributed by atoms with Gasteiger partial charge in [-0.3, -0.25) is 0 Å². The van der Waals surface area contributed by atoms with E-state index in [0.29, 0.717) is 17.7 Å². The van der Waals surface area contributed by atoms with Crippen molar-refractivity contribution in [2.75, 3.05) is 0 Å². The van der Waals surface area contributed by atoms with Crippen LogP contribution < -0.4 is 4.57 Å². The lowest BCUT2D eigenvalue weighted by atomic mass is 10.2. The van der Waals surface area contributed by atoms with E-state index in [0.717, 1.165) is 18.2 Å². The maximum atomic E-state index is 5.75. The highest BCUT2D eigenvalue weighted by Crippen LogP contribution is 2.01. The number of alkyl halides is 2. The molecular formula is C8H14Cl2N3+. The molecular weight excluding hydrogens is 209 g/mol. The van der Waals surface area contributed by atoms with E-state index in [4.69, 9.17) is 23.2 Å². The van der Waals surface area contributed by atoms with Crippen molar-refractivity contribution in [3.63, 3.8) is 0 Å². The molecule has 0 saturated heterocycles. The van der Waals surface area contributed by atoms with E-state index in [1.807, 2.05) is 4.57 Å². The molecule has 0 amide bonds. The molecule has 0 radical (unpaired) electrons.